The van der Waals surface area contributed by atoms with Gasteiger partial charge in [-0.3, -0.25) is 0 Å². The van der Waals surface area contributed by atoms with Crippen molar-refractivity contribution >= 4 is 29.8 Å². The van der Waals surface area contributed by atoms with Crippen LogP contribution in [-0.4, -0.2) is 26.2 Å². The van der Waals surface area contributed by atoms with E-state index in [1.165, 1.54) is 14.9 Å². The molecule has 0 radical (unpaired) electrons. The molecule has 1 aromatic carbocycles. The van der Waals surface area contributed by atoms with E-state index in [1.807, 2.05) is 0 Å². The van der Waals surface area contributed by atoms with Gasteiger partial charge >= 0.3 is 82.8 Å². The molecule has 0 atom stereocenters. The molecule has 0 N–H and O–H groups in total. The third-order valence-electron chi connectivity index (χ3n) is 2.12. The summed E-state index contributed by atoms with van der Waals surface area (Å²) < 4.78 is 2.69. The molecule has 0 spiro atoms. The number of rotatable bonds is 0. The van der Waals surface area contributed by atoms with Crippen LogP contribution in [0.5, 0.6) is 0 Å². The number of nitrogens with zero attached hydrogens (tertiary/aromatic N) is 2. The number of hydrogen-bond donors (Lipinski definition) is 0. The van der Waals surface area contributed by atoms with Crippen molar-refractivity contribution in [2.75, 3.05) is 11.4 Å². The standard InChI is InChI=1S/C10H8N2Se/c1-2-5-9-8(4-1)12-7-3-6-11-10(12)13-9/h1-5,7H,6H2. The Morgan fingerprint density at radius 3 is 3.23 bits per heavy atom. The second-order valence-corrected chi connectivity index (χ2v) is 5.06. The zero-order valence-electron chi connectivity index (χ0n) is 6.97. The fraction of sp³-hybridized carbons (Fsp3) is 0.100. The van der Waals surface area contributed by atoms with Gasteiger partial charge in [0.2, 0.25) is 0 Å². The summed E-state index contributed by atoms with van der Waals surface area (Å²) in [5.74, 6) is 0. The average Bonchev–Trinajstić information content (AvgIpc) is 2.56. The first-order valence-electron chi connectivity index (χ1n) is 4.22. The summed E-state index contributed by atoms with van der Waals surface area (Å²) in [4.78, 5) is 6.70. The van der Waals surface area contributed by atoms with Crippen molar-refractivity contribution in [2.45, 2.75) is 0 Å². The van der Waals surface area contributed by atoms with Gasteiger partial charge in [-0.05, 0) is 0 Å². The predicted octanol–water partition coefficient (Wildman–Crippen LogP) is 0.719. The molecule has 64 valence electrons. The summed E-state index contributed by atoms with van der Waals surface area (Å²) >= 11 is 0.418. The van der Waals surface area contributed by atoms with Gasteiger partial charge in [0.25, 0.3) is 0 Å². The number of fused-ring (bicyclic) bond motifs is 3. The van der Waals surface area contributed by atoms with Crippen LogP contribution in [0, 0.1) is 0 Å². The van der Waals surface area contributed by atoms with E-state index in [4.69, 9.17) is 0 Å². The molecule has 2 heterocycles. The number of benzene rings is 1. The van der Waals surface area contributed by atoms with Crippen LogP contribution in [0.1, 0.15) is 0 Å². The van der Waals surface area contributed by atoms with E-state index >= 15 is 0 Å². The first-order chi connectivity index (χ1) is 6.45. The van der Waals surface area contributed by atoms with E-state index < -0.39 is 0 Å². The van der Waals surface area contributed by atoms with Crippen LogP contribution in [-0.2, 0) is 0 Å². The molecule has 13 heavy (non-hydrogen) atoms. The summed E-state index contributed by atoms with van der Waals surface area (Å²) in [6.07, 6.45) is 4.23. The van der Waals surface area contributed by atoms with Crippen molar-refractivity contribution < 1.29 is 0 Å². The molecule has 0 aliphatic carbocycles. The van der Waals surface area contributed by atoms with Gasteiger partial charge < -0.3 is 0 Å². The van der Waals surface area contributed by atoms with E-state index in [9.17, 15) is 0 Å². The number of aliphatic imine (C=N–C) groups is 1. The molecule has 3 heteroatoms. The normalized spacial score (nSPS) is 18.2. The molecular weight excluding hydrogens is 227 g/mol. The Kier molecular flexibility index (Phi) is 1.54. The van der Waals surface area contributed by atoms with Gasteiger partial charge in [-0.1, -0.05) is 0 Å². The molecule has 0 fully saturated rings. The minimum atomic E-state index is 0.418. The van der Waals surface area contributed by atoms with E-state index in [1.54, 1.807) is 0 Å². The van der Waals surface area contributed by atoms with Crippen molar-refractivity contribution in [1.82, 2.24) is 0 Å². The molecule has 0 saturated heterocycles. The van der Waals surface area contributed by atoms with Crippen LogP contribution in [0.25, 0.3) is 0 Å². The molecule has 0 bridgehead atoms. The SMILES string of the molecule is C1=CN2C(=NC1)[Se]c1ccccc12. The van der Waals surface area contributed by atoms with Crippen molar-refractivity contribution in [3.8, 4) is 0 Å². The number of amidine groups is 1. The van der Waals surface area contributed by atoms with E-state index in [2.05, 4.69) is 46.4 Å². The van der Waals surface area contributed by atoms with Gasteiger partial charge in [0.1, 0.15) is 0 Å². The molecule has 2 nitrogen and oxygen atoms in total. The second-order valence-electron chi connectivity index (χ2n) is 2.95. The van der Waals surface area contributed by atoms with Gasteiger partial charge in [-0.25, -0.2) is 0 Å². The fourth-order valence-corrected chi connectivity index (χ4v) is 3.65. The predicted molar refractivity (Wildman–Crippen MR) is 55.8 cm³/mol. The fourth-order valence-electron chi connectivity index (χ4n) is 1.53. The molecule has 2 aliphatic heterocycles. The molecule has 3 rings (SSSR count). The maximum absolute atomic E-state index is 4.49. The van der Waals surface area contributed by atoms with Gasteiger partial charge in [-0.15, -0.1) is 0 Å². The van der Waals surface area contributed by atoms with Crippen molar-refractivity contribution in [2.24, 2.45) is 4.99 Å². The Morgan fingerprint density at radius 2 is 2.23 bits per heavy atom. The molecular formula is C10H8N2Se. The Hall–Kier alpha value is -1.05. The van der Waals surface area contributed by atoms with Gasteiger partial charge in [-0.2, -0.15) is 0 Å². The quantitative estimate of drug-likeness (QED) is 0.605. The molecule has 0 saturated carbocycles. The molecule has 2 aliphatic rings. The number of para-hydroxylation sites is 1. The average molecular weight is 235 g/mol. The van der Waals surface area contributed by atoms with Crippen LogP contribution in [0.4, 0.5) is 5.69 Å². The summed E-state index contributed by atoms with van der Waals surface area (Å²) in [6, 6.07) is 8.54. The second kappa shape index (κ2) is 2.72. The van der Waals surface area contributed by atoms with Crippen molar-refractivity contribution in [3.63, 3.8) is 0 Å². The topological polar surface area (TPSA) is 15.6 Å². The molecule has 0 aromatic heterocycles. The number of hydrogen-bond acceptors (Lipinski definition) is 2. The van der Waals surface area contributed by atoms with Gasteiger partial charge in [0.15, 0.2) is 0 Å². The van der Waals surface area contributed by atoms with E-state index in [-0.39, 0.29) is 0 Å². The Bertz CT molecular complexity index is 409. The third-order valence-corrected chi connectivity index (χ3v) is 4.37. The van der Waals surface area contributed by atoms with Gasteiger partial charge in [0.05, 0.1) is 0 Å². The summed E-state index contributed by atoms with van der Waals surface area (Å²) in [5, 5.41) is 0. The van der Waals surface area contributed by atoms with Crippen molar-refractivity contribution in [1.29, 1.82) is 0 Å². The Morgan fingerprint density at radius 1 is 1.31 bits per heavy atom. The summed E-state index contributed by atoms with van der Waals surface area (Å²) in [6.45, 7) is 0.849. The Balaban J connectivity index is 2.16. The Labute approximate surface area is 83.1 Å². The van der Waals surface area contributed by atoms with Crippen molar-refractivity contribution in [3.05, 3.63) is 36.5 Å². The molecule has 1 aromatic rings. The molecule has 0 amide bonds. The summed E-state index contributed by atoms with van der Waals surface area (Å²) in [5.41, 5.74) is 1.32. The van der Waals surface area contributed by atoms with Gasteiger partial charge in [0, 0.05) is 0 Å². The monoisotopic (exact) mass is 236 g/mol. The minimum absolute atomic E-state index is 0.418. The zero-order chi connectivity index (χ0) is 8.67. The zero-order valence-corrected chi connectivity index (χ0v) is 8.69. The first kappa shape index (κ1) is 7.36. The third kappa shape index (κ3) is 1.05. The first-order valence-corrected chi connectivity index (χ1v) is 5.94. The summed E-state index contributed by atoms with van der Waals surface area (Å²) in [7, 11) is 0. The maximum atomic E-state index is 4.49. The number of anilines is 1. The van der Waals surface area contributed by atoms with Crippen LogP contribution in [0.15, 0.2) is 41.5 Å². The van der Waals surface area contributed by atoms with E-state index in [0.717, 1.165) is 6.54 Å². The van der Waals surface area contributed by atoms with E-state index in [0.29, 0.717) is 15.0 Å². The molecule has 0 unspecified atom stereocenters. The van der Waals surface area contributed by atoms with Crippen LogP contribution in [0.2, 0.25) is 0 Å². The van der Waals surface area contributed by atoms with Crippen LogP contribution >= 0.6 is 0 Å². The van der Waals surface area contributed by atoms with Crippen LogP contribution in [0.3, 0.4) is 0 Å². The van der Waals surface area contributed by atoms with Crippen LogP contribution < -0.4 is 9.36 Å².